The first-order chi connectivity index (χ1) is 7.50. The molecule has 0 aliphatic rings. The molecule has 0 aliphatic carbocycles. The van der Waals surface area contributed by atoms with Gasteiger partial charge in [-0.15, -0.1) is 0 Å². The van der Waals surface area contributed by atoms with Crippen molar-refractivity contribution in [1.29, 1.82) is 5.26 Å². The molecule has 0 amide bonds. The third kappa shape index (κ3) is 2.98. The molecule has 1 rings (SSSR count). The van der Waals surface area contributed by atoms with E-state index in [2.05, 4.69) is 18.3 Å². The quantitative estimate of drug-likeness (QED) is 0.842. The predicted molar refractivity (Wildman–Crippen MR) is 64.5 cm³/mol. The Bertz CT molecular complexity index is 409. The van der Waals surface area contributed by atoms with Gasteiger partial charge < -0.3 is 4.74 Å². The molecule has 1 N–H and O–H groups in total. The zero-order chi connectivity index (χ0) is 12.2. The van der Waals surface area contributed by atoms with Crippen molar-refractivity contribution in [2.45, 2.75) is 26.3 Å². The number of aryl methyl sites for hydroxylation is 2. The van der Waals surface area contributed by atoms with E-state index in [9.17, 15) is 0 Å². The van der Waals surface area contributed by atoms with Gasteiger partial charge in [0.1, 0.15) is 17.9 Å². The maximum atomic E-state index is 8.97. The largest absolute Gasteiger partial charge is 0.491 e. The van der Waals surface area contributed by atoms with E-state index in [0.717, 1.165) is 5.75 Å². The smallest absolute Gasteiger partial charge is 0.137 e. The molecule has 86 valence electrons. The van der Waals surface area contributed by atoms with Crippen molar-refractivity contribution < 1.29 is 4.74 Å². The van der Waals surface area contributed by atoms with E-state index in [1.807, 2.05) is 32.0 Å². The highest BCUT2D eigenvalue weighted by atomic mass is 16.5. The third-order valence-electron chi connectivity index (χ3n) is 2.80. The Morgan fingerprint density at radius 3 is 2.56 bits per heavy atom. The van der Waals surface area contributed by atoms with Crippen LogP contribution in [0.5, 0.6) is 5.75 Å². The van der Waals surface area contributed by atoms with Gasteiger partial charge in [0.05, 0.1) is 6.07 Å². The van der Waals surface area contributed by atoms with Crippen LogP contribution < -0.4 is 10.1 Å². The Kier molecular flexibility index (Phi) is 3.92. The highest BCUT2D eigenvalue weighted by molar-refractivity contribution is 5.34. The van der Waals surface area contributed by atoms with Crippen LogP contribution in [0.3, 0.4) is 0 Å². The number of nitrogens with one attached hydrogen (secondary N) is 1. The Balaban J connectivity index is 2.69. The van der Waals surface area contributed by atoms with Crippen LogP contribution in [0.1, 0.15) is 18.1 Å². The van der Waals surface area contributed by atoms with Crippen LogP contribution in [0.2, 0.25) is 0 Å². The van der Waals surface area contributed by atoms with E-state index in [0.29, 0.717) is 6.61 Å². The Labute approximate surface area is 97.0 Å². The molecule has 0 aliphatic heterocycles. The molecule has 0 heterocycles. The zero-order valence-electron chi connectivity index (χ0n) is 10.3. The lowest BCUT2D eigenvalue weighted by Gasteiger charge is -2.21. The molecule has 1 aromatic carbocycles. The van der Waals surface area contributed by atoms with Gasteiger partial charge in [0, 0.05) is 0 Å². The van der Waals surface area contributed by atoms with Crippen molar-refractivity contribution in [3.63, 3.8) is 0 Å². The van der Waals surface area contributed by atoms with E-state index >= 15 is 0 Å². The molecule has 0 spiro atoms. The van der Waals surface area contributed by atoms with Crippen LogP contribution in [0, 0.1) is 25.2 Å². The number of rotatable bonds is 4. The van der Waals surface area contributed by atoms with Gasteiger partial charge in [-0.25, -0.2) is 0 Å². The van der Waals surface area contributed by atoms with E-state index in [4.69, 9.17) is 10.00 Å². The van der Waals surface area contributed by atoms with Gasteiger partial charge in [-0.2, -0.15) is 5.26 Å². The number of nitriles is 1. The van der Waals surface area contributed by atoms with Crippen LogP contribution >= 0.6 is 0 Å². The van der Waals surface area contributed by atoms with E-state index in [1.54, 1.807) is 7.05 Å². The average molecular weight is 218 g/mol. The second-order valence-corrected chi connectivity index (χ2v) is 4.23. The van der Waals surface area contributed by atoms with Crippen LogP contribution in [-0.2, 0) is 0 Å². The lowest BCUT2D eigenvalue weighted by atomic mass is 10.1. The van der Waals surface area contributed by atoms with E-state index in [-0.39, 0.29) is 0 Å². The van der Waals surface area contributed by atoms with Crippen molar-refractivity contribution in [2.24, 2.45) is 0 Å². The minimum Gasteiger partial charge on any atom is -0.491 e. The Morgan fingerprint density at radius 1 is 1.38 bits per heavy atom. The summed E-state index contributed by atoms with van der Waals surface area (Å²) in [6.07, 6.45) is 0. The SMILES string of the molecule is CNC(C)(C#N)COc1ccc(C)c(C)c1. The molecule has 3 nitrogen and oxygen atoms in total. The topological polar surface area (TPSA) is 45.0 Å². The van der Waals surface area contributed by atoms with Crippen molar-refractivity contribution in [2.75, 3.05) is 13.7 Å². The highest BCUT2D eigenvalue weighted by Crippen LogP contribution is 2.17. The molecule has 16 heavy (non-hydrogen) atoms. The lowest BCUT2D eigenvalue weighted by Crippen LogP contribution is -2.43. The summed E-state index contributed by atoms with van der Waals surface area (Å²) in [5.74, 6) is 0.805. The van der Waals surface area contributed by atoms with Crippen LogP contribution in [0.15, 0.2) is 18.2 Å². The van der Waals surface area contributed by atoms with Gasteiger partial charge in [-0.05, 0) is 51.1 Å². The Morgan fingerprint density at radius 2 is 2.06 bits per heavy atom. The van der Waals surface area contributed by atoms with Crippen LogP contribution in [-0.4, -0.2) is 19.2 Å². The normalized spacial score (nSPS) is 13.9. The summed E-state index contributed by atoms with van der Waals surface area (Å²) in [5.41, 5.74) is 1.79. The number of hydrogen-bond donors (Lipinski definition) is 1. The first-order valence-electron chi connectivity index (χ1n) is 5.31. The van der Waals surface area contributed by atoms with Gasteiger partial charge >= 0.3 is 0 Å². The molecule has 0 saturated heterocycles. The van der Waals surface area contributed by atoms with E-state index < -0.39 is 5.54 Å². The Hall–Kier alpha value is -1.53. The number of nitrogens with zero attached hydrogens (tertiary/aromatic N) is 1. The van der Waals surface area contributed by atoms with Crippen LogP contribution in [0.4, 0.5) is 0 Å². The molecule has 3 heteroatoms. The molecular weight excluding hydrogens is 200 g/mol. The van der Waals surface area contributed by atoms with Crippen molar-refractivity contribution >= 4 is 0 Å². The molecule has 1 atom stereocenters. The van der Waals surface area contributed by atoms with Crippen molar-refractivity contribution in [1.82, 2.24) is 5.32 Å². The van der Waals surface area contributed by atoms with E-state index in [1.165, 1.54) is 11.1 Å². The first kappa shape index (κ1) is 12.5. The second kappa shape index (κ2) is 5.00. The number of hydrogen-bond acceptors (Lipinski definition) is 3. The maximum Gasteiger partial charge on any atom is 0.137 e. The molecular formula is C13H18N2O. The minimum absolute atomic E-state index is 0.336. The molecule has 1 unspecified atom stereocenters. The summed E-state index contributed by atoms with van der Waals surface area (Å²) in [5, 5.41) is 11.9. The fourth-order valence-electron chi connectivity index (χ4n) is 1.19. The van der Waals surface area contributed by atoms with Crippen molar-refractivity contribution in [3.8, 4) is 11.8 Å². The maximum absolute atomic E-state index is 8.97. The average Bonchev–Trinajstić information content (AvgIpc) is 2.30. The highest BCUT2D eigenvalue weighted by Gasteiger charge is 2.22. The summed E-state index contributed by atoms with van der Waals surface area (Å²) in [7, 11) is 1.76. The lowest BCUT2D eigenvalue weighted by molar-refractivity contribution is 0.242. The molecule has 0 aromatic heterocycles. The summed E-state index contributed by atoms with van der Waals surface area (Å²) < 4.78 is 5.60. The molecule has 0 fully saturated rings. The van der Waals surface area contributed by atoms with Gasteiger partial charge in [0.25, 0.3) is 0 Å². The molecule has 0 saturated carbocycles. The summed E-state index contributed by atoms with van der Waals surface area (Å²) in [6.45, 7) is 6.26. The van der Waals surface area contributed by atoms with Gasteiger partial charge in [-0.1, -0.05) is 6.07 Å². The predicted octanol–water partition coefficient (Wildman–Crippen LogP) is 2.18. The van der Waals surface area contributed by atoms with Gasteiger partial charge in [-0.3, -0.25) is 5.32 Å². The van der Waals surface area contributed by atoms with Crippen LogP contribution in [0.25, 0.3) is 0 Å². The number of likely N-dealkylation sites (N-methyl/N-ethyl adjacent to an activating group) is 1. The van der Waals surface area contributed by atoms with Gasteiger partial charge in [0.2, 0.25) is 0 Å². The minimum atomic E-state index is -0.640. The fraction of sp³-hybridized carbons (Fsp3) is 0.462. The molecule has 0 bridgehead atoms. The number of benzene rings is 1. The summed E-state index contributed by atoms with van der Waals surface area (Å²) in [4.78, 5) is 0. The second-order valence-electron chi connectivity index (χ2n) is 4.23. The third-order valence-corrected chi connectivity index (χ3v) is 2.80. The zero-order valence-corrected chi connectivity index (χ0v) is 10.3. The molecule has 1 aromatic rings. The van der Waals surface area contributed by atoms with Gasteiger partial charge in [0.15, 0.2) is 0 Å². The summed E-state index contributed by atoms with van der Waals surface area (Å²) in [6, 6.07) is 8.13. The monoisotopic (exact) mass is 218 g/mol. The molecule has 0 radical (unpaired) electrons. The first-order valence-corrected chi connectivity index (χ1v) is 5.31. The summed E-state index contributed by atoms with van der Waals surface area (Å²) >= 11 is 0. The fourth-order valence-corrected chi connectivity index (χ4v) is 1.19. The standard InChI is InChI=1S/C13H18N2O/c1-10-5-6-12(7-11(10)2)16-9-13(3,8-14)15-4/h5-7,15H,9H2,1-4H3. The van der Waals surface area contributed by atoms with Crippen molar-refractivity contribution in [3.05, 3.63) is 29.3 Å². The number of ether oxygens (including phenoxy) is 1.